The van der Waals surface area contributed by atoms with Crippen molar-refractivity contribution in [3.05, 3.63) is 40.2 Å². The lowest BCUT2D eigenvalue weighted by molar-refractivity contribution is -0.384. The Balaban J connectivity index is 1.73. The number of rotatable bonds is 5. The highest BCUT2D eigenvalue weighted by Gasteiger charge is 2.21. The lowest BCUT2D eigenvalue weighted by atomic mass is 10.0. The minimum Gasteiger partial charge on any atom is -0.293 e. The standard InChI is InChI=1S/C14H19N7O2/c1-11-5-2-3-8-19(11)10-14-15-17-18-20(14)16-12-6-4-7-13(9-12)21(22)23/h4,6-7,9,11,16H,2-3,5,8,10H2,1H3. The van der Waals surface area contributed by atoms with Gasteiger partial charge in [-0.1, -0.05) is 12.5 Å². The molecule has 1 aliphatic heterocycles. The third kappa shape index (κ3) is 3.62. The first-order valence-corrected chi connectivity index (χ1v) is 7.66. The van der Waals surface area contributed by atoms with Gasteiger partial charge in [-0.2, -0.15) is 0 Å². The molecule has 3 rings (SSSR count). The fourth-order valence-corrected chi connectivity index (χ4v) is 2.78. The summed E-state index contributed by atoms with van der Waals surface area (Å²) in [5.41, 5.74) is 3.59. The second-order valence-electron chi connectivity index (χ2n) is 5.74. The first-order valence-electron chi connectivity index (χ1n) is 7.66. The number of nitrogens with one attached hydrogen (secondary N) is 1. The molecule has 122 valence electrons. The zero-order valence-corrected chi connectivity index (χ0v) is 12.9. The molecule has 1 aromatic heterocycles. The van der Waals surface area contributed by atoms with Gasteiger partial charge in [-0.3, -0.25) is 20.4 Å². The molecule has 0 aliphatic carbocycles. The zero-order valence-electron chi connectivity index (χ0n) is 12.9. The molecular formula is C14H19N7O2. The summed E-state index contributed by atoms with van der Waals surface area (Å²) in [7, 11) is 0. The zero-order chi connectivity index (χ0) is 16.2. The van der Waals surface area contributed by atoms with E-state index in [0.717, 1.165) is 6.54 Å². The number of hydrogen-bond donors (Lipinski definition) is 1. The summed E-state index contributed by atoms with van der Waals surface area (Å²) in [6.45, 7) is 3.89. The van der Waals surface area contributed by atoms with E-state index in [9.17, 15) is 10.1 Å². The maximum absolute atomic E-state index is 10.8. The van der Waals surface area contributed by atoms with E-state index in [4.69, 9.17) is 0 Å². The van der Waals surface area contributed by atoms with Gasteiger partial charge in [0.2, 0.25) is 0 Å². The molecule has 0 bridgehead atoms. The number of nitro groups is 1. The fraction of sp³-hybridized carbons (Fsp3) is 0.500. The molecule has 1 unspecified atom stereocenters. The summed E-state index contributed by atoms with van der Waals surface area (Å²) >= 11 is 0. The van der Waals surface area contributed by atoms with E-state index in [1.165, 1.54) is 36.2 Å². The van der Waals surface area contributed by atoms with Gasteiger partial charge in [-0.05, 0) is 42.8 Å². The van der Waals surface area contributed by atoms with Gasteiger partial charge in [0.1, 0.15) is 0 Å². The average molecular weight is 317 g/mol. The lowest BCUT2D eigenvalue weighted by Gasteiger charge is -2.32. The average Bonchev–Trinajstić information content (AvgIpc) is 2.97. The maximum Gasteiger partial charge on any atom is 0.271 e. The smallest absolute Gasteiger partial charge is 0.271 e. The predicted molar refractivity (Wildman–Crippen MR) is 83.7 cm³/mol. The number of piperidine rings is 1. The predicted octanol–water partition coefficient (Wildman–Crippen LogP) is 1.83. The molecule has 1 atom stereocenters. The van der Waals surface area contributed by atoms with Crippen LogP contribution in [0.4, 0.5) is 11.4 Å². The van der Waals surface area contributed by atoms with Gasteiger partial charge in [0, 0.05) is 18.2 Å². The van der Waals surface area contributed by atoms with Crippen LogP contribution in [0.5, 0.6) is 0 Å². The Labute approximate surface area is 133 Å². The van der Waals surface area contributed by atoms with Gasteiger partial charge in [0.25, 0.3) is 5.69 Å². The van der Waals surface area contributed by atoms with E-state index in [0.29, 0.717) is 24.1 Å². The van der Waals surface area contributed by atoms with Crippen molar-refractivity contribution in [2.24, 2.45) is 0 Å². The van der Waals surface area contributed by atoms with Crippen molar-refractivity contribution in [1.82, 2.24) is 25.2 Å². The van der Waals surface area contributed by atoms with E-state index in [1.807, 2.05) is 0 Å². The summed E-state index contributed by atoms with van der Waals surface area (Å²) in [6.07, 6.45) is 3.62. The van der Waals surface area contributed by atoms with E-state index in [-0.39, 0.29) is 5.69 Å². The van der Waals surface area contributed by atoms with E-state index >= 15 is 0 Å². The van der Waals surface area contributed by atoms with E-state index < -0.39 is 4.92 Å². The van der Waals surface area contributed by atoms with Gasteiger partial charge < -0.3 is 0 Å². The van der Waals surface area contributed by atoms with Crippen LogP contribution >= 0.6 is 0 Å². The topological polar surface area (TPSA) is 102 Å². The van der Waals surface area contributed by atoms with Gasteiger partial charge >= 0.3 is 0 Å². The van der Waals surface area contributed by atoms with Crippen LogP contribution in [0.25, 0.3) is 0 Å². The van der Waals surface area contributed by atoms with Crippen LogP contribution in [0.15, 0.2) is 24.3 Å². The van der Waals surface area contributed by atoms with Crippen LogP contribution in [-0.2, 0) is 6.54 Å². The van der Waals surface area contributed by atoms with E-state index in [1.54, 1.807) is 12.1 Å². The van der Waals surface area contributed by atoms with Crippen molar-refractivity contribution in [2.45, 2.75) is 38.8 Å². The Kier molecular flexibility index (Phi) is 4.47. The Bertz CT molecular complexity index is 687. The van der Waals surface area contributed by atoms with Crippen LogP contribution in [-0.4, -0.2) is 42.7 Å². The Hall–Kier alpha value is -2.55. The van der Waals surface area contributed by atoms with Crippen molar-refractivity contribution >= 4 is 11.4 Å². The fourth-order valence-electron chi connectivity index (χ4n) is 2.78. The highest BCUT2D eigenvalue weighted by Crippen LogP contribution is 2.19. The number of anilines is 1. The normalized spacial score (nSPS) is 18.7. The molecule has 0 amide bonds. The maximum atomic E-state index is 10.8. The van der Waals surface area contributed by atoms with Gasteiger partial charge in [0.15, 0.2) is 5.82 Å². The number of nitrogens with zero attached hydrogens (tertiary/aromatic N) is 6. The highest BCUT2D eigenvalue weighted by atomic mass is 16.6. The molecule has 9 heteroatoms. The minimum absolute atomic E-state index is 0.0225. The monoisotopic (exact) mass is 317 g/mol. The molecule has 1 saturated heterocycles. The van der Waals surface area contributed by atoms with Gasteiger partial charge in [-0.15, -0.1) is 9.89 Å². The molecule has 23 heavy (non-hydrogen) atoms. The molecule has 9 nitrogen and oxygen atoms in total. The van der Waals surface area contributed by atoms with Crippen molar-refractivity contribution in [1.29, 1.82) is 0 Å². The van der Waals surface area contributed by atoms with E-state index in [2.05, 4.69) is 32.8 Å². The molecular weight excluding hydrogens is 298 g/mol. The molecule has 0 spiro atoms. The number of aromatic nitrogens is 4. The van der Waals surface area contributed by atoms with Crippen LogP contribution < -0.4 is 5.43 Å². The van der Waals surface area contributed by atoms with Crippen LogP contribution in [0.3, 0.4) is 0 Å². The Morgan fingerprint density at radius 3 is 3.09 bits per heavy atom. The van der Waals surface area contributed by atoms with Crippen molar-refractivity contribution in [3.63, 3.8) is 0 Å². The summed E-state index contributed by atoms with van der Waals surface area (Å²) in [5, 5.41) is 22.5. The molecule has 1 fully saturated rings. The third-order valence-corrected chi connectivity index (χ3v) is 4.11. The van der Waals surface area contributed by atoms with Crippen molar-refractivity contribution < 1.29 is 4.92 Å². The summed E-state index contributed by atoms with van der Waals surface area (Å²) in [4.78, 5) is 14.2. The van der Waals surface area contributed by atoms with Crippen LogP contribution in [0.1, 0.15) is 32.0 Å². The molecule has 1 N–H and O–H groups in total. The number of tetrazole rings is 1. The largest absolute Gasteiger partial charge is 0.293 e. The first kappa shape index (κ1) is 15.3. The molecule has 0 saturated carbocycles. The third-order valence-electron chi connectivity index (χ3n) is 4.11. The number of hydrogen-bond acceptors (Lipinski definition) is 7. The molecule has 0 radical (unpaired) electrons. The molecule has 1 aliphatic rings. The van der Waals surface area contributed by atoms with Gasteiger partial charge in [-0.25, -0.2) is 0 Å². The molecule has 1 aromatic carbocycles. The number of non-ortho nitro benzene ring substituents is 1. The van der Waals surface area contributed by atoms with Crippen molar-refractivity contribution in [2.75, 3.05) is 12.0 Å². The summed E-state index contributed by atoms with van der Waals surface area (Å²) < 4.78 is 0. The SMILES string of the molecule is CC1CCCCN1Cc1nnnn1Nc1cccc([N+](=O)[O-])c1. The quantitative estimate of drug-likeness (QED) is 0.663. The summed E-state index contributed by atoms with van der Waals surface area (Å²) in [6, 6.07) is 6.77. The lowest BCUT2D eigenvalue weighted by Crippen LogP contribution is -2.38. The highest BCUT2D eigenvalue weighted by molar-refractivity contribution is 5.50. The number of benzene rings is 1. The summed E-state index contributed by atoms with van der Waals surface area (Å²) in [5.74, 6) is 0.685. The van der Waals surface area contributed by atoms with Crippen LogP contribution in [0.2, 0.25) is 0 Å². The second-order valence-corrected chi connectivity index (χ2v) is 5.74. The molecule has 2 heterocycles. The van der Waals surface area contributed by atoms with Gasteiger partial charge in [0.05, 0.1) is 17.2 Å². The number of nitro benzene ring substituents is 1. The number of likely N-dealkylation sites (tertiary alicyclic amines) is 1. The Morgan fingerprint density at radius 2 is 2.30 bits per heavy atom. The Morgan fingerprint density at radius 1 is 1.43 bits per heavy atom. The molecule has 2 aromatic rings. The van der Waals surface area contributed by atoms with Crippen LogP contribution in [0, 0.1) is 10.1 Å². The van der Waals surface area contributed by atoms with Crippen molar-refractivity contribution in [3.8, 4) is 0 Å². The first-order chi connectivity index (χ1) is 11.1. The minimum atomic E-state index is -0.429. The second kappa shape index (κ2) is 6.69.